The van der Waals surface area contributed by atoms with E-state index in [1.807, 2.05) is 0 Å². The fourth-order valence-corrected chi connectivity index (χ4v) is 2.23. The van der Waals surface area contributed by atoms with Gasteiger partial charge in [0.2, 0.25) is 0 Å². The van der Waals surface area contributed by atoms with Crippen molar-refractivity contribution in [2.75, 3.05) is 13.7 Å². The van der Waals surface area contributed by atoms with Crippen LogP contribution in [-0.2, 0) is 16.1 Å². The van der Waals surface area contributed by atoms with Crippen LogP contribution in [0.3, 0.4) is 0 Å². The van der Waals surface area contributed by atoms with Gasteiger partial charge < -0.3 is 9.47 Å². The van der Waals surface area contributed by atoms with Crippen LogP contribution in [0.2, 0.25) is 0 Å². The number of aromatic nitrogens is 3. The van der Waals surface area contributed by atoms with E-state index in [0.717, 1.165) is 8.25 Å². The molecule has 0 saturated carbocycles. The molecule has 0 radical (unpaired) electrons. The van der Waals surface area contributed by atoms with Gasteiger partial charge in [0.15, 0.2) is 0 Å². The molecule has 8 heteroatoms. The molecule has 2 aromatic rings. The zero-order valence-electron chi connectivity index (χ0n) is 10.4. The number of hydrogen-bond acceptors (Lipinski definition) is 5. The van der Waals surface area contributed by atoms with Crippen molar-refractivity contribution in [2.24, 2.45) is 0 Å². The number of fused-ring (bicyclic) bond motifs is 1. The Labute approximate surface area is 122 Å². The van der Waals surface area contributed by atoms with E-state index in [4.69, 9.17) is 9.47 Å². The highest BCUT2D eigenvalue weighted by Gasteiger charge is 2.14. The minimum atomic E-state index is -0.509. The number of halogens is 1. The van der Waals surface area contributed by atoms with Crippen molar-refractivity contribution < 1.29 is 14.3 Å². The molecular weight excluding hydrogens is 365 g/mol. The van der Waals surface area contributed by atoms with Gasteiger partial charge in [0.1, 0.15) is 12.1 Å². The summed E-state index contributed by atoms with van der Waals surface area (Å²) in [7, 11) is 1.45. The Bertz CT molecular complexity index is 676. The van der Waals surface area contributed by atoms with Gasteiger partial charge in [-0.15, -0.1) is 5.10 Å². The summed E-state index contributed by atoms with van der Waals surface area (Å²) in [4.78, 5) is 23.6. The third-order valence-corrected chi connectivity index (χ3v) is 3.01. The van der Waals surface area contributed by atoms with Crippen molar-refractivity contribution in [1.29, 1.82) is 0 Å². The van der Waals surface area contributed by atoms with Crippen LogP contribution < -0.4 is 10.3 Å². The number of nitrogens with zero attached hydrogens (tertiary/aromatic N) is 3. The molecule has 0 fully saturated rings. The first-order valence-corrected chi connectivity index (χ1v) is 6.63. The van der Waals surface area contributed by atoms with Gasteiger partial charge in [-0.3, -0.25) is 14.0 Å². The lowest BCUT2D eigenvalue weighted by molar-refractivity contribution is -0.144. The molecule has 0 aliphatic carbocycles. The van der Waals surface area contributed by atoms with Gasteiger partial charge in [-0.2, -0.15) is 0 Å². The predicted molar refractivity (Wildman–Crippen MR) is 75.4 cm³/mol. The van der Waals surface area contributed by atoms with Crippen LogP contribution in [0, 0.1) is 3.57 Å². The average molecular weight is 377 g/mol. The monoisotopic (exact) mass is 377 g/mol. The van der Waals surface area contributed by atoms with Crippen LogP contribution in [-0.4, -0.2) is 33.9 Å². The summed E-state index contributed by atoms with van der Waals surface area (Å²) in [6.07, 6.45) is 1.73. The van der Waals surface area contributed by atoms with Gasteiger partial charge in [-0.1, -0.05) is 0 Å². The quantitative estimate of drug-likeness (QED) is 0.579. The SMILES string of the molecule is CCOC(=O)Cn1nc(OC)n2cc(I)cc2c1=O. The molecule has 0 spiro atoms. The van der Waals surface area contributed by atoms with E-state index in [0.29, 0.717) is 5.52 Å². The van der Waals surface area contributed by atoms with Crippen LogP contribution in [0.25, 0.3) is 5.52 Å². The van der Waals surface area contributed by atoms with Gasteiger partial charge in [0.25, 0.3) is 5.56 Å². The second-order valence-corrected chi connectivity index (χ2v) is 4.91. The van der Waals surface area contributed by atoms with Crippen molar-refractivity contribution in [3.8, 4) is 6.01 Å². The molecule has 2 rings (SSSR count). The Hall–Kier alpha value is -1.58. The van der Waals surface area contributed by atoms with Crippen LogP contribution in [0.5, 0.6) is 6.01 Å². The first-order valence-electron chi connectivity index (χ1n) is 5.55. The molecule has 0 bridgehead atoms. The lowest BCUT2D eigenvalue weighted by Crippen LogP contribution is -2.29. The number of esters is 1. The molecule has 0 N–H and O–H groups in total. The highest BCUT2D eigenvalue weighted by molar-refractivity contribution is 14.1. The van der Waals surface area contributed by atoms with E-state index >= 15 is 0 Å². The maximum atomic E-state index is 12.2. The number of carbonyl (C=O) groups is 1. The van der Waals surface area contributed by atoms with Gasteiger partial charge in [-0.05, 0) is 35.6 Å². The lowest BCUT2D eigenvalue weighted by atomic mass is 10.5. The first kappa shape index (κ1) is 13.8. The Morgan fingerprint density at radius 1 is 1.53 bits per heavy atom. The fourth-order valence-electron chi connectivity index (χ4n) is 1.66. The molecule has 0 atom stereocenters. The molecule has 0 saturated heterocycles. The minimum absolute atomic E-state index is 0.235. The van der Waals surface area contributed by atoms with E-state index in [-0.39, 0.29) is 24.7 Å². The number of hydrogen-bond donors (Lipinski definition) is 0. The van der Waals surface area contributed by atoms with E-state index in [9.17, 15) is 9.59 Å². The smallest absolute Gasteiger partial charge is 0.327 e. The van der Waals surface area contributed by atoms with Gasteiger partial charge in [0, 0.05) is 9.77 Å². The van der Waals surface area contributed by atoms with Crippen molar-refractivity contribution >= 4 is 34.1 Å². The molecule has 7 nitrogen and oxygen atoms in total. The average Bonchev–Trinajstić information content (AvgIpc) is 2.75. The third-order valence-electron chi connectivity index (χ3n) is 2.42. The Morgan fingerprint density at radius 3 is 2.89 bits per heavy atom. The molecule has 0 aromatic carbocycles. The molecule has 19 heavy (non-hydrogen) atoms. The summed E-state index contributed by atoms with van der Waals surface area (Å²) in [5, 5.41) is 4.00. The first-order chi connectivity index (χ1) is 9.06. The number of methoxy groups -OCH3 is 1. The Kier molecular flexibility index (Phi) is 4.08. The van der Waals surface area contributed by atoms with E-state index < -0.39 is 5.97 Å². The molecule has 2 aromatic heterocycles. The van der Waals surface area contributed by atoms with Crippen molar-refractivity contribution in [1.82, 2.24) is 14.2 Å². The molecule has 2 heterocycles. The topological polar surface area (TPSA) is 74.8 Å². The summed E-state index contributed by atoms with van der Waals surface area (Å²) >= 11 is 2.09. The largest absolute Gasteiger partial charge is 0.467 e. The van der Waals surface area contributed by atoms with Gasteiger partial charge >= 0.3 is 12.0 Å². The van der Waals surface area contributed by atoms with Crippen LogP contribution >= 0.6 is 22.6 Å². The van der Waals surface area contributed by atoms with Crippen LogP contribution in [0.1, 0.15) is 6.92 Å². The normalized spacial score (nSPS) is 10.7. The van der Waals surface area contributed by atoms with Crippen molar-refractivity contribution in [2.45, 2.75) is 13.5 Å². The van der Waals surface area contributed by atoms with Crippen molar-refractivity contribution in [3.05, 3.63) is 26.2 Å². The minimum Gasteiger partial charge on any atom is -0.467 e. The lowest BCUT2D eigenvalue weighted by Gasteiger charge is -2.08. The fraction of sp³-hybridized carbons (Fsp3) is 0.364. The highest BCUT2D eigenvalue weighted by atomic mass is 127. The summed E-state index contributed by atoms with van der Waals surface area (Å²) in [5.41, 5.74) is 0.0392. The van der Waals surface area contributed by atoms with E-state index in [1.165, 1.54) is 7.11 Å². The van der Waals surface area contributed by atoms with E-state index in [2.05, 4.69) is 27.7 Å². The summed E-state index contributed by atoms with van der Waals surface area (Å²) in [5.74, 6) is -0.509. The van der Waals surface area contributed by atoms with E-state index in [1.54, 1.807) is 23.6 Å². The molecule has 0 aliphatic heterocycles. The number of rotatable bonds is 4. The van der Waals surface area contributed by atoms with Crippen LogP contribution in [0.15, 0.2) is 17.1 Å². The summed E-state index contributed by atoms with van der Waals surface area (Å²) < 4.78 is 13.4. The van der Waals surface area contributed by atoms with Crippen LogP contribution in [0.4, 0.5) is 0 Å². The highest BCUT2D eigenvalue weighted by Crippen LogP contribution is 2.14. The summed E-state index contributed by atoms with van der Waals surface area (Å²) in [6.45, 7) is 1.73. The van der Waals surface area contributed by atoms with Crippen molar-refractivity contribution in [3.63, 3.8) is 0 Å². The zero-order chi connectivity index (χ0) is 14.0. The second kappa shape index (κ2) is 5.59. The maximum Gasteiger partial charge on any atom is 0.327 e. The van der Waals surface area contributed by atoms with Gasteiger partial charge in [-0.25, -0.2) is 4.68 Å². The second-order valence-electron chi connectivity index (χ2n) is 3.67. The van der Waals surface area contributed by atoms with Gasteiger partial charge in [0.05, 0.1) is 13.7 Å². The maximum absolute atomic E-state index is 12.2. The Balaban J connectivity index is 2.53. The molecule has 0 unspecified atom stereocenters. The standard InChI is InChI=1S/C11H12IN3O4/c1-3-19-9(16)6-15-10(17)8-4-7(12)5-14(8)11(13-15)18-2/h4-5H,3,6H2,1-2H3. The molecular formula is C11H12IN3O4. The third kappa shape index (κ3) is 2.72. The zero-order valence-corrected chi connectivity index (χ0v) is 12.6. The molecule has 0 aliphatic rings. The molecule has 0 amide bonds. The predicted octanol–water partition coefficient (Wildman–Crippen LogP) is 0.672. The Morgan fingerprint density at radius 2 is 2.26 bits per heavy atom. The summed E-state index contributed by atoms with van der Waals surface area (Å²) in [6, 6.07) is 1.94. The number of carbonyl (C=O) groups excluding carboxylic acids is 1. The number of ether oxygens (including phenoxy) is 2. The molecule has 102 valence electrons.